The molecule has 1 aromatic carbocycles. The molecule has 0 aromatic heterocycles. The fourth-order valence-corrected chi connectivity index (χ4v) is 3.51. The van der Waals surface area contributed by atoms with Crippen LogP contribution in [0, 0.1) is 11.3 Å². The molecule has 2 atom stereocenters. The first-order valence-electron chi connectivity index (χ1n) is 8.71. The van der Waals surface area contributed by atoms with E-state index < -0.39 is 18.2 Å². The Balaban J connectivity index is 1.91. The van der Waals surface area contributed by atoms with Gasteiger partial charge < -0.3 is 15.5 Å². The van der Waals surface area contributed by atoms with Crippen molar-refractivity contribution in [3.05, 3.63) is 35.9 Å². The molecule has 2 rings (SSSR count). The van der Waals surface area contributed by atoms with Gasteiger partial charge in [0.2, 0.25) is 0 Å². The van der Waals surface area contributed by atoms with Gasteiger partial charge in [-0.15, -0.1) is 0 Å². The average Bonchev–Trinajstić information content (AvgIpc) is 2.52. The SMILES string of the molecule is CC(C)(C)C(NC(=O)O)C(O)C1CCN(Cc2ccccc2)CC1. The summed E-state index contributed by atoms with van der Waals surface area (Å²) >= 11 is 0. The lowest BCUT2D eigenvalue weighted by atomic mass is 9.76. The standard InChI is InChI=1S/C19H30N2O3/c1-19(2,3)17(20-18(23)24)16(22)15-9-11-21(12-10-15)13-14-7-5-4-6-8-14/h4-8,15-17,20,22H,9-13H2,1-3H3,(H,23,24). The molecule has 1 fully saturated rings. The molecular weight excluding hydrogens is 304 g/mol. The maximum atomic E-state index is 11.1. The van der Waals surface area contributed by atoms with Crippen LogP contribution in [0.15, 0.2) is 30.3 Å². The number of carboxylic acid groups (broad SMARTS) is 1. The quantitative estimate of drug-likeness (QED) is 0.774. The maximum Gasteiger partial charge on any atom is 0.404 e. The van der Waals surface area contributed by atoms with Crippen molar-refractivity contribution in [2.45, 2.75) is 52.3 Å². The predicted octanol–water partition coefficient (Wildman–Crippen LogP) is 2.94. The monoisotopic (exact) mass is 334 g/mol. The number of hydrogen-bond donors (Lipinski definition) is 3. The van der Waals surface area contributed by atoms with Gasteiger partial charge in [0.15, 0.2) is 0 Å². The van der Waals surface area contributed by atoms with Crippen molar-refractivity contribution in [2.24, 2.45) is 11.3 Å². The Morgan fingerprint density at radius 1 is 1.25 bits per heavy atom. The van der Waals surface area contributed by atoms with Crippen molar-refractivity contribution in [1.29, 1.82) is 0 Å². The topological polar surface area (TPSA) is 72.8 Å². The van der Waals surface area contributed by atoms with Gasteiger partial charge in [0, 0.05) is 6.54 Å². The summed E-state index contributed by atoms with van der Waals surface area (Å²) in [5, 5.41) is 22.3. The minimum absolute atomic E-state index is 0.132. The number of likely N-dealkylation sites (tertiary alicyclic amines) is 1. The Morgan fingerprint density at radius 2 is 1.83 bits per heavy atom. The highest BCUT2D eigenvalue weighted by Gasteiger charge is 2.38. The third-order valence-electron chi connectivity index (χ3n) is 4.92. The molecule has 0 aliphatic carbocycles. The first-order chi connectivity index (χ1) is 11.3. The fraction of sp³-hybridized carbons (Fsp3) is 0.632. The normalized spacial score (nSPS) is 19.7. The number of hydrogen-bond acceptors (Lipinski definition) is 3. The number of amides is 1. The number of aliphatic hydroxyl groups excluding tert-OH is 1. The second-order valence-electron chi connectivity index (χ2n) is 7.88. The van der Waals surface area contributed by atoms with Crippen molar-refractivity contribution >= 4 is 6.09 Å². The highest BCUT2D eigenvalue weighted by Crippen LogP contribution is 2.30. The fourth-order valence-electron chi connectivity index (χ4n) is 3.51. The van der Waals surface area contributed by atoms with Crippen molar-refractivity contribution in [3.8, 4) is 0 Å². The molecular formula is C19H30N2O3. The van der Waals surface area contributed by atoms with Crippen molar-refractivity contribution in [3.63, 3.8) is 0 Å². The largest absolute Gasteiger partial charge is 0.465 e. The molecule has 24 heavy (non-hydrogen) atoms. The van der Waals surface area contributed by atoms with E-state index in [1.165, 1.54) is 5.56 Å². The minimum Gasteiger partial charge on any atom is -0.465 e. The van der Waals surface area contributed by atoms with Gasteiger partial charge in [-0.1, -0.05) is 51.1 Å². The molecule has 1 saturated heterocycles. The number of aliphatic hydroxyl groups is 1. The summed E-state index contributed by atoms with van der Waals surface area (Å²) < 4.78 is 0. The van der Waals surface area contributed by atoms with Crippen LogP contribution in [0.3, 0.4) is 0 Å². The zero-order valence-electron chi connectivity index (χ0n) is 14.9. The van der Waals surface area contributed by atoms with Crippen LogP contribution in [0.25, 0.3) is 0 Å². The first-order valence-corrected chi connectivity index (χ1v) is 8.71. The van der Waals surface area contributed by atoms with Crippen molar-refractivity contribution in [2.75, 3.05) is 13.1 Å². The van der Waals surface area contributed by atoms with Gasteiger partial charge in [0.1, 0.15) is 0 Å². The zero-order chi connectivity index (χ0) is 17.7. The minimum atomic E-state index is -1.07. The molecule has 1 aromatic rings. The van der Waals surface area contributed by atoms with Crippen LogP contribution in [0.2, 0.25) is 0 Å². The van der Waals surface area contributed by atoms with Crippen molar-refractivity contribution in [1.82, 2.24) is 10.2 Å². The second-order valence-corrected chi connectivity index (χ2v) is 7.88. The molecule has 1 aliphatic rings. The van der Waals surface area contributed by atoms with Crippen LogP contribution in [0.5, 0.6) is 0 Å². The number of carbonyl (C=O) groups is 1. The lowest BCUT2D eigenvalue weighted by Crippen LogP contribution is -2.54. The second kappa shape index (κ2) is 7.99. The highest BCUT2D eigenvalue weighted by molar-refractivity contribution is 5.65. The van der Waals surface area contributed by atoms with E-state index in [0.29, 0.717) is 0 Å². The number of nitrogens with zero attached hydrogens (tertiary/aromatic N) is 1. The van der Waals surface area contributed by atoms with Gasteiger partial charge in [0.05, 0.1) is 12.1 Å². The lowest BCUT2D eigenvalue weighted by Gasteiger charge is -2.41. The Hall–Kier alpha value is -1.59. The number of benzene rings is 1. The summed E-state index contributed by atoms with van der Waals surface area (Å²) in [7, 11) is 0. The van der Waals surface area contributed by atoms with Gasteiger partial charge in [-0.05, 0) is 42.8 Å². The molecule has 3 N–H and O–H groups in total. The summed E-state index contributed by atoms with van der Waals surface area (Å²) in [6, 6.07) is 9.93. The van der Waals surface area contributed by atoms with E-state index in [4.69, 9.17) is 5.11 Å². The maximum absolute atomic E-state index is 11.1. The van der Waals surface area contributed by atoms with E-state index in [1.807, 2.05) is 26.8 Å². The average molecular weight is 334 g/mol. The van der Waals surface area contributed by atoms with Gasteiger partial charge >= 0.3 is 6.09 Å². The molecule has 1 amide bonds. The van der Waals surface area contributed by atoms with Gasteiger partial charge in [-0.25, -0.2) is 4.79 Å². The molecule has 1 aliphatic heterocycles. The Morgan fingerprint density at radius 3 is 2.33 bits per heavy atom. The molecule has 0 bridgehead atoms. The van der Waals surface area contributed by atoms with E-state index in [9.17, 15) is 9.90 Å². The van der Waals surface area contributed by atoms with E-state index in [2.05, 4.69) is 34.5 Å². The molecule has 5 heteroatoms. The number of piperidine rings is 1. The predicted molar refractivity (Wildman–Crippen MR) is 94.9 cm³/mol. The number of rotatable bonds is 5. The first kappa shape index (κ1) is 18.7. The summed E-state index contributed by atoms with van der Waals surface area (Å²) in [5.74, 6) is 0.132. The lowest BCUT2D eigenvalue weighted by molar-refractivity contribution is 0.000890. The van der Waals surface area contributed by atoms with E-state index in [-0.39, 0.29) is 11.3 Å². The van der Waals surface area contributed by atoms with Gasteiger partial charge in [0.25, 0.3) is 0 Å². The highest BCUT2D eigenvalue weighted by atomic mass is 16.4. The van der Waals surface area contributed by atoms with Crippen LogP contribution < -0.4 is 5.32 Å². The molecule has 0 radical (unpaired) electrons. The van der Waals surface area contributed by atoms with E-state index >= 15 is 0 Å². The summed E-state index contributed by atoms with van der Waals surface area (Å²) in [4.78, 5) is 13.5. The van der Waals surface area contributed by atoms with Crippen molar-refractivity contribution < 1.29 is 15.0 Å². The zero-order valence-corrected chi connectivity index (χ0v) is 14.9. The molecule has 1 heterocycles. The summed E-state index contributed by atoms with van der Waals surface area (Å²) in [6.45, 7) is 8.67. The van der Waals surface area contributed by atoms with Gasteiger partial charge in [-0.3, -0.25) is 4.90 Å². The smallest absolute Gasteiger partial charge is 0.404 e. The third-order valence-corrected chi connectivity index (χ3v) is 4.92. The van der Waals surface area contributed by atoms with Crippen LogP contribution in [-0.4, -0.2) is 46.4 Å². The van der Waals surface area contributed by atoms with Crippen LogP contribution >= 0.6 is 0 Å². The number of nitrogens with one attached hydrogen (secondary N) is 1. The third kappa shape index (κ3) is 5.21. The molecule has 5 nitrogen and oxygen atoms in total. The molecule has 134 valence electrons. The molecule has 0 saturated carbocycles. The molecule has 0 spiro atoms. The summed E-state index contributed by atoms with van der Waals surface area (Å²) in [5.41, 5.74) is 0.982. The Labute approximate surface area is 144 Å². The molecule has 2 unspecified atom stereocenters. The van der Waals surface area contributed by atoms with Crippen LogP contribution in [0.4, 0.5) is 4.79 Å². The van der Waals surface area contributed by atoms with Gasteiger partial charge in [-0.2, -0.15) is 0 Å². The summed E-state index contributed by atoms with van der Waals surface area (Å²) in [6.07, 6.45) is 0.0551. The van der Waals surface area contributed by atoms with E-state index in [0.717, 1.165) is 32.5 Å². The Kier molecular flexibility index (Phi) is 6.24. The van der Waals surface area contributed by atoms with Crippen LogP contribution in [-0.2, 0) is 6.54 Å². The van der Waals surface area contributed by atoms with Crippen LogP contribution in [0.1, 0.15) is 39.2 Å². The Bertz CT molecular complexity index is 519. The van der Waals surface area contributed by atoms with E-state index in [1.54, 1.807) is 0 Å².